The lowest BCUT2D eigenvalue weighted by Crippen LogP contribution is -2.43. The van der Waals surface area contributed by atoms with Crippen LogP contribution in [-0.4, -0.2) is 43.5 Å². The highest BCUT2D eigenvalue weighted by Crippen LogP contribution is 2.15. The van der Waals surface area contributed by atoms with Crippen LogP contribution < -0.4 is 15.4 Å². The Labute approximate surface area is 158 Å². The molecule has 2 aromatic carbocycles. The van der Waals surface area contributed by atoms with Crippen LogP contribution in [-0.2, 0) is 9.59 Å². The number of methoxy groups -OCH3 is 1. The molecule has 0 aliphatic rings. The average molecular weight is 366 g/mol. The molecular formula is C20H22N4O3. The number of likely N-dealkylation sites (N-methyl/N-ethyl adjacent to an activating group) is 1. The van der Waals surface area contributed by atoms with E-state index in [1.165, 1.54) is 0 Å². The number of hydrogen-bond acceptors (Lipinski definition) is 5. The predicted octanol–water partition coefficient (Wildman–Crippen LogP) is 2.46. The van der Waals surface area contributed by atoms with Gasteiger partial charge in [-0.1, -0.05) is 0 Å². The predicted molar refractivity (Wildman–Crippen MR) is 104 cm³/mol. The molecule has 0 saturated heterocycles. The third-order valence-electron chi connectivity index (χ3n) is 4.09. The number of amides is 2. The molecule has 0 heterocycles. The second-order valence-corrected chi connectivity index (χ2v) is 6.05. The molecule has 2 amide bonds. The number of ether oxygens (including phenoxy) is 1. The normalized spacial score (nSPS) is 11.4. The Morgan fingerprint density at radius 3 is 2.19 bits per heavy atom. The summed E-state index contributed by atoms with van der Waals surface area (Å²) < 4.78 is 5.08. The van der Waals surface area contributed by atoms with Gasteiger partial charge in [-0.15, -0.1) is 0 Å². The van der Waals surface area contributed by atoms with Crippen molar-refractivity contribution in [1.82, 2.24) is 4.90 Å². The molecule has 7 nitrogen and oxygen atoms in total. The van der Waals surface area contributed by atoms with Gasteiger partial charge in [-0.3, -0.25) is 14.5 Å². The Morgan fingerprint density at radius 1 is 1.07 bits per heavy atom. The van der Waals surface area contributed by atoms with Crippen LogP contribution in [0.15, 0.2) is 48.5 Å². The van der Waals surface area contributed by atoms with Gasteiger partial charge in [-0.2, -0.15) is 5.26 Å². The van der Waals surface area contributed by atoms with Crippen molar-refractivity contribution in [1.29, 1.82) is 5.26 Å². The SMILES string of the molecule is COc1ccc(NC(=O)CN(C)C(C)C(=O)Nc2ccc(C#N)cc2)cc1. The number of hydrogen-bond donors (Lipinski definition) is 2. The van der Waals surface area contributed by atoms with E-state index in [2.05, 4.69) is 10.6 Å². The maximum atomic E-state index is 12.4. The van der Waals surface area contributed by atoms with Gasteiger partial charge < -0.3 is 15.4 Å². The van der Waals surface area contributed by atoms with Gasteiger partial charge in [0.15, 0.2) is 0 Å². The molecule has 0 radical (unpaired) electrons. The molecule has 0 aromatic heterocycles. The summed E-state index contributed by atoms with van der Waals surface area (Å²) in [6.45, 7) is 1.79. The minimum atomic E-state index is -0.512. The van der Waals surface area contributed by atoms with Crippen LogP contribution in [0.25, 0.3) is 0 Å². The highest BCUT2D eigenvalue weighted by Gasteiger charge is 2.20. The Morgan fingerprint density at radius 2 is 1.63 bits per heavy atom. The van der Waals surface area contributed by atoms with E-state index >= 15 is 0 Å². The highest BCUT2D eigenvalue weighted by molar-refractivity contribution is 5.96. The van der Waals surface area contributed by atoms with Crippen LogP contribution in [0.4, 0.5) is 11.4 Å². The fourth-order valence-electron chi connectivity index (χ4n) is 2.31. The Kier molecular flexibility index (Phi) is 6.92. The number of benzene rings is 2. The van der Waals surface area contributed by atoms with Crippen molar-refractivity contribution >= 4 is 23.2 Å². The fourth-order valence-corrected chi connectivity index (χ4v) is 2.31. The van der Waals surface area contributed by atoms with Gasteiger partial charge in [0.2, 0.25) is 11.8 Å². The van der Waals surface area contributed by atoms with Crippen LogP contribution in [0.2, 0.25) is 0 Å². The summed E-state index contributed by atoms with van der Waals surface area (Å²) in [5, 5.41) is 14.4. The number of carbonyl (C=O) groups excluding carboxylic acids is 2. The number of nitrogens with zero attached hydrogens (tertiary/aromatic N) is 2. The first kappa shape index (κ1) is 19.9. The number of anilines is 2. The van der Waals surface area contributed by atoms with Crippen LogP contribution in [0.3, 0.4) is 0 Å². The second kappa shape index (κ2) is 9.36. The zero-order chi connectivity index (χ0) is 19.8. The van der Waals surface area contributed by atoms with E-state index in [1.54, 1.807) is 74.5 Å². The first-order valence-electron chi connectivity index (χ1n) is 8.38. The number of carbonyl (C=O) groups is 2. The van der Waals surface area contributed by atoms with E-state index in [1.807, 2.05) is 6.07 Å². The molecule has 0 aliphatic heterocycles. The Bertz CT molecular complexity index is 826. The van der Waals surface area contributed by atoms with E-state index in [4.69, 9.17) is 10.00 Å². The van der Waals surface area contributed by atoms with Crippen molar-refractivity contribution in [3.63, 3.8) is 0 Å². The van der Waals surface area contributed by atoms with Crippen molar-refractivity contribution in [2.75, 3.05) is 31.3 Å². The van der Waals surface area contributed by atoms with Crippen molar-refractivity contribution in [2.24, 2.45) is 0 Å². The molecule has 1 unspecified atom stereocenters. The van der Waals surface area contributed by atoms with Crippen LogP contribution in [0, 0.1) is 11.3 Å². The summed E-state index contributed by atoms with van der Waals surface area (Å²) in [7, 11) is 3.28. The molecular weight excluding hydrogens is 344 g/mol. The molecule has 0 aliphatic carbocycles. The maximum Gasteiger partial charge on any atom is 0.241 e. The minimum Gasteiger partial charge on any atom is -0.497 e. The van der Waals surface area contributed by atoms with Crippen molar-refractivity contribution in [3.05, 3.63) is 54.1 Å². The van der Waals surface area contributed by atoms with E-state index in [0.29, 0.717) is 22.7 Å². The summed E-state index contributed by atoms with van der Waals surface area (Å²) in [4.78, 5) is 26.2. The molecule has 7 heteroatoms. The van der Waals surface area contributed by atoms with E-state index < -0.39 is 6.04 Å². The second-order valence-electron chi connectivity index (χ2n) is 6.05. The van der Waals surface area contributed by atoms with E-state index in [-0.39, 0.29) is 18.4 Å². The lowest BCUT2D eigenvalue weighted by Gasteiger charge is -2.23. The van der Waals surface area contributed by atoms with Gasteiger partial charge in [-0.05, 0) is 62.5 Å². The summed E-state index contributed by atoms with van der Waals surface area (Å²) in [5.41, 5.74) is 1.78. The first-order chi connectivity index (χ1) is 12.9. The summed E-state index contributed by atoms with van der Waals surface area (Å²) in [5.74, 6) is 0.248. The Hall–Kier alpha value is -3.37. The molecule has 0 bridgehead atoms. The van der Waals surface area contributed by atoms with Gasteiger partial charge in [0.25, 0.3) is 0 Å². The number of nitriles is 1. The third-order valence-corrected chi connectivity index (χ3v) is 4.09. The Balaban J connectivity index is 1.87. The highest BCUT2D eigenvalue weighted by atomic mass is 16.5. The van der Waals surface area contributed by atoms with Gasteiger partial charge in [0.05, 0.1) is 31.3 Å². The number of nitrogens with one attached hydrogen (secondary N) is 2. The maximum absolute atomic E-state index is 12.4. The minimum absolute atomic E-state index is 0.0635. The molecule has 1 atom stereocenters. The van der Waals surface area contributed by atoms with Gasteiger partial charge in [0, 0.05) is 11.4 Å². The van der Waals surface area contributed by atoms with Crippen LogP contribution in [0.1, 0.15) is 12.5 Å². The smallest absolute Gasteiger partial charge is 0.241 e. The molecule has 2 rings (SSSR count). The van der Waals surface area contributed by atoms with Crippen LogP contribution in [0.5, 0.6) is 5.75 Å². The zero-order valence-electron chi connectivity index (χ0n) is 15.5. The number of rotatable bonds is 7. The summed E-state index contributed by atoms with van der Waals surface area (Å²) >= 11 is 0. The quantitative estimate of drug-likeness (QED) is 0.785. The third kappa shape index (κ3) is 5.83. The van der Waals surface area contributed by atoms with Crippen molar-refractivity contribution in [2.45, 2.75) is 13.0 Å². The topological polar surface area (TPSA) is 94.5 Å². The average Bonchev–Trinajstić information content (AvgIpc) is 2.68. The monoisotopic (exact) mass is 366 g/mol. The zero-order valence-corrected chi connectivity index (χ0v) is 15.5. The first-order valence-corrected chi connectivity index (χ1v) is 8.38. The lowest BCUT2D eigenvalue weighted by molar-refractivity contribution is -0.122. The van der Waals surface area contributed by atoms with Gasteiger partial charge >= 0.3 is 0 Å². The van der Waals surface area contributed by atoms with E-state index in [0.717, 1.165) is 0 Å². The fraction of sp³-hybridized carbons (Fsp3) is 0.250. The largest absolute Gasteiger partial charge is 0.497 e. The van der Waals surface area contributed by atoms with E-state index in [9.17, 15) is 9.59 Å². The molecule has 2 aromatic rings. The molecule has 0 saturated carbocycles. The standard InChI is InChI=1S/C20H22N4O3/c1-14(20(26)23-17-6-4-15(12-21)5-7-17)24(2)13-19(25)22-16-8-10-18(27-3)11-9-16/h4-11,14H,13H2,1-3H3,(H,22,25)(H,23,26). The van der Waals surface area contributed by atoms with Crippen molar-refractivity contribution < 1.29 is 14.3 Å². The van der Waals surface area contributed by atoms with Crippen molar-refractivity contribution in [3.8, 4) is 11.8 Å². The molecule has 2 N–H and O–H groups in total. The molecule has 0 spiro atoms. The summed E-state index contributed by atoms with van der Waals surface area (Å²) in [6, 6.07) is 15.1. The van der Waals surface area contributed by atoms with Crippen LogP contribution >= 0.6 is 0 Å². The molecule has 140 valence electrons. The van der Waals surface area contributed by atoms with Gasteiger partial charge in [-0.25, -0.2) is 0 Å². The lowest BCUT2D eigenvalue weighted by atomic mass is 10.2. The molecule has 27 heavy (non-hydrogen) atoms. The molecule has 0 fully saturated rings. The van der Waals surface area contributed by atoms with Gasteiger partial charge in [0.1, 0.15) is 5.75 Å². The summed E-state index contributed by atoms with van der Waals surface area (Å²) in [6.07, 6.45) is 0.